The Morgan fingerprint density at radius 1 is 1.36 bits per heavy atom. The lowest BCUT2D eigenvalue weighted by Gasteiger charge is -2.31. The summed E-state index contributed by atoms with van der Waals surface area (Å²) in [6, 6.07) is 6.82. The van der Waals surface area contributed by atoms with Crippen LogP contribution < -0.4 is 10.6 Å². The molecule has 0 aliphatic carbocycles. The maximum atomic E-state index is 3.54. The molecule has 0 aromatic heterocycles. The number of hydrogen-bond donors (Lipinski definition) is 2. The summed E-state index contributed by atoms with van der Waals surface area (Å²) in [6.45, 7) is 5.48. The number of hydrogen-bond acceptors (Lipinski definition) is 2. The van der Waals surface area contributed by atoms with Gasteiger partial charge in [-0.25, -0.2) is 0 Å². The maximum Gasteiger partial charge on any atom is 0.0588 e. The van der Waals surface area contributed by atoms with E-state index >= 15 is 0 Å². The fourth-order valence-corrected chi connectivity index (χ4v) is 2.02. The smallest absolute Gasteiger partial charge is 0.0588 e. The van der Waals surface area contributed by atoms with Gasteiger partial charge in [-0.1, -0.05) is 29.8 Å². The van der Waals surface area contributed by atoms with Gasteiger partial charge in [0.05, 0.1) is 11.4 Å². The van der Waals surface area contributed by atoms with Crippen molar-refractivity contribution in [2.45, 2.75) is 19.9 Å². The van der Waals surface area contributed by atoms with Crippen LogP contribution in [0.5, 0.6) is 0 Å². The third-order valence-corrected chi connectivity index (χ3v) is 3.13. The minimum absolute atomic E-state index is 0.531. The van der Waals surface area contributed by atoms with Gasteiger partial charge in [-0.3, -0.25) is 0 Å². The molecule has 1 aromatic carbocycles. The first-order valence-electron chi connectivity index (χ1n) is 4.97. The topological polar surface area (TPSA) is 24.1 Å². The van der Waals surface area contributed by atoms with Crippen LogP contribution in [0.2, 0.25) is 0 Å². The molecule has 0 bridgehead atoms. The molecule has 0 radical (unpaired) electrons. The van der Waals surface area contributed by atoms with E-state index in [1.54, 1.807) is 0 Å². The lowest BCUT2D eigenvalue weighted by Crippen LogP contribution is -2.36. The Bertz CT molecular complexity index is 336. The first-order valence-corrected chi connectivity index (χ1v) is 5.76. The average molecular weight is 255 g/mol. The first-order chi connectivity index (χ1) is 6.66. The molecule has 1 aliphatic heterocycles. The Morgan fingerprint density at radius 3 is 2.86 bits per heavy atom. The molecule has 3 heteroatoms. The van der Waals surface area contributed by atoms with Crippen molar-refractivity contribution in [3.8, 4) is 0 Å². The van der Waals surface area contributed by atoms with Crippen molar-refractivity contribution in [2.24, 2.45) is 5.92 Å². The third kappa shape index (κ3) is 1.87. The van der Waals surface area contributed by atoms with Crippen LogP contribution in [0, 0.1) is 5.92 Å². The number of rotatable bonds is 1. The second-order valence-electron chi connectivity index (χ2n) is 4.07. The van der Waals surface area contributed by atoms with Crippen LogP contribution in [-0.4, -0.2) is 12.6 Å². The summed E-state index contributed by atoms with van der Waals surface area (Å²) in [5.41, 5.74) is 2.40. The van der Waals surface area contributed by atoms with Crippen molar-refractivity contribution in [3.63, 3.8) is 0 Å². The van der Waals surface area contributed by atoms with Gasteiger partial charge < -0.3 is 10.6 Å². The van der Waals surface area contributed by atoms with Crippen molar-refractivity contribution in [3.05, 3.63) is 22.7 Å². The Balaban J connectivity index is 2.23. The summed E-state index contributed by atoms with van der Waals surface area (Å²) >= 11 is 3.47. The van der Waals surface area contributed by atoms with Gasteiger partial charge in [0.25, 0.3) is 0 Å². The van der Waals surface area contributed by atoms with Crippen molar-refractivity contribution in [2.75, 3.05) is 17.2 Å². The van der Waals surface area contributed by atoms with Crippen LogP contribution in [0.4, 0.5) is 11.4 Å². The lowest BCUT2D eigenvalue weighted by molar-refractivity contribution is 0.536. The van der Waals surface area contributed by atoms with Gasteiger partial charge in [0.15, 0.2) is 0 Å². The molecule has 2 rings (SSSR count). The van der Waals surface area contributed by atoms with Gasteiger partial charge >= 0.3 is 0 Å². The zero-order valence-electron chi connectivity index (χ0n) is 8.47. The van der Waals surface area contributed by atoms with Gasteiger partial charge in [-0.2, -0.15) is 0 Å². The fourth-order valence-electron chi connectivity index (χ4n) is 1.66. The maximum absolute atomic E-state index is 3.54. The molecule has 1 atom stereocenters. The van der Waals surface area contributed by atoms with E-state index < -0.39 is 0 Å². The largest absolute Gasteiger partial charge is 0.381 e. The predicted molar refractivity (Wildman–Crippen MR) is 64.9 cm³/mol. The Morgan fingerprint density at radius 2 is 2.14 bits per heavy atom. The number of fused-ring (bicyclic) bond motifs is 1. The second-order valence-corrected chi connectivity index (χ2v) is 4.98. The summed E-state index contributed by atoms with van der Waals surface area (Å²) in [7, 11) is 0. The van der Waals surface area contributed by atoms with E-state index in [1.807, 2.05) is 0 Å². The predicted octanol–water partition coefficient (Wildman–Crippen LogP) is 3.31. The Kier molecular flexibility index (Phi) is 2.68. The van der Waals surface area contributed by atoms with Crippen molar-refractivity contribution in [1.82, 2.24) is 0 Å². The lowest BCUT2D eigenvalue weighted by atomic mass is 10.0. The van der Waals surface area contributed by atoms with Crippen molar-refractivity contribution >= 4 is 27.3 Å². The van der Waals surface area contributed by atoms with E-state index in [9.17, 15) is 0 Å². The molecule has 1 unspecified atom stereocenters. The van der Waals surface area contributed by atoms with Crippen LogP contribution in [0.15, 0.2) is 22.7 Å². The van der Waals surface area contributed by atoms with Crippen LogP contribution in [0.1, 0.15) is 13.8 Å². The third-order valence-electron chi connectivity index (χ3n) is 2.64. The molecule has 0 saturated heterocycles. The minimum atomic E-state index is 0.531. The normalized spacial score (nSPS) is 19.9. The summed E-state index contributed by atoms with van der Waals surface area (Å²) in [4.78, 5) is 0. The van der Waals surface area contributed by atoms with Gasteiger partial charge in [0, 0.05) is 17.1 Å². The zero-order chi connectivity index (χ0) is 10.1. The van der Waals surface area contributed by atoms with E-state index in [0.29, 0.717) is 12.0 Å². The molecule has 2 nitrogen and oxygen atoms in total. The summed E-state index contributed by atoms with van der Waals surface area (Å²) < 4.78 is 1.12. The Hall–Kier alpha value is -0.700. The van der Waals surface area contributed by atoms with Crippen LogP contribution in [0.25, 0.3) is 0 Å². The SMILES string of the molecule is CC(C)C1CNc2cc(Br)ccc2N1. The molecule has 0 spiro atoms. The molecular formula is C11H15BrN2. The van der Waals surface area contributed by atoms with E-state index in [0.717, 1.165) is 11.0 Å². The molecule has 14 heavy (non-hydrogen) atoms. The standard InChI is InChI=1S/C11H15BrN2/c1-7(2)11-6-13-10-5-8(12)3-4-9(10)14-11/h3-5,7,11,13-14H,6H2,1-2H3. The monoisotopic (exact) mass is 254 g/mol. The van der Waals surface area contributed by atoms with Crippen molar-refractivity contribution < 1.29 is 0 Å². The molecule has 1 aliphatic rings. The van der Waals surface area contributed by atoms with Gasteiger partial charge in [-0.05, 0) is 24.1 Å². The number of nitrogens with one attached hydrogen (secondary N) is 2. The molecule has 1 heterocycles. The number of benzene rings is 1. The van der Waals surface area contributed by atoms with E-state index in [4.69, 9.17) is 0 Å². The molecular weight excluding hydrogens is 240 g/mol. The van der Waals surface area contributed by atoms with E-state index in [-0.39, 0.29) is 0 Å². The van der Waals surface area contributed by atoms with Gasteiger partial charge in [0.2, 0.25) is 0 Å². The quantitative estimate of drug-likeness (QED) is 0.804. The molecule has 1 aromatic rings. The number of halogens is 1. The number of anilines is 2. The molecule has 0 saturated carbocycles. The average Bonchev–Trinajstić information content (AvgIpc) is 2.16. The van der Waals surface area contributed by atoms with Crippen molar-refractivity contribution in [1.29, 1.82) is 0 Å². The van der Waals surface area contributed by atoms with Gasteiger partial charge in [0.1, 0.15) is 0 Å². The minimum Gasteiger partial charge on any atom is -0.381 e. The molecule has 2 N–H and O–H groups in total. The summed E-state index contributed by atoms with van der Waals surface area (Å²) in [6.07, 6.45) is 0. The molecule has 0 fully saturated rings. The Labute approximate surface area is 93.2 Å². The van der Waals surface area contributed by atoms with E-state index in [1.165, 1.54) is 11.4 Å². The summed E-state index contributed by atoms with van der Waals surface area (Å²) in [5, 5.41) is 6.98. The highest BCUT2D eigenvalue weighted by Crippen LogP contribution is 2.30. The summed E-state index contributed by atoms with van der Waals surface area (Å²) in [5.74, 6) is 0.652. The highest BCUT2D eigenvalue weighted by Gasteiger charge is 2.19. The van der Waals surface area contributed by atoms with Crippen LogP contribution in [-0.2, 0) is 0 Å². The van der Waals surface area contributed by atoms with Gasteiger partial charge in [-0.15, -0.1) is 0 Å². The molecule has 0 amide bonds. The second kappa shape index (κ2) is 3.81. The highest BCUT2D eigenvalue weighted by molar-refractivity contribution is 9.10. The van der Waals surface area contributed by atoms with E-state index in [2.05, 4.69) is 58.6 Å². The fraction of sp³-hybridized carbons (Fsp3) is 0.455. The zero-order valence-corrected chi connectivity index (χ0v) is 10.1. The highest BCUT2D eigenvalue weighted by atomic mass is 79.9. The van der Waals surface area contributed by atoms with Crippen LogP contribution in [0.3, 0.4) is 0 Å². The van der Waals surface area contributed by atoms with Crippen LogP contribution >= 0.6 is 15.9 Å². The molecule has 76 valence electrons. The first kappa shape index (κ1) is 9.84.